The summed E-state index contributed by atoms with van der Waals surface area (Å²) < 4.78 is 5.65. The average Bonchev–Trinajstić information content (AvgIpc) is 3.11. The summed E-state index contributed by atoms with van der Waals surface area (Å²) in [6, 6.07) is 0. The van der Waals surface area contributed by atoms with Gasteiger partial charge in [-0.25, -0.2) is 4.79 Å². The first-order valence-corrected chi connectivity index (χ1v) is 14.9. The number of carbonyl (C=O) groups excluding carboxylic acids is 2. The van der Waals surface area contributed by atoms with Gasteiger partial charge in [0.2, 0.25) is 5.91 Å². The number of carbonyl (C=O) groups is 2. The van der Waals surface area contributed by atoms with Crippen molar-refractivity contribution in [1.29, 1.82) is 0 Å². The lowest BCUT2D eigenvalue weighted by molar-refractivity contribution is -0.118. The number of hydrogen-bond acceptors (Lipinski definition) is 4. The van der Waals surface area contributed by atoms with Crippen molar-refractivity contribution in [3.8, 4) is 0 Å². The average molecular weight is 590 g/mol. The molecule has 1 aliphatic carbocycles. The first-order chi connectivity index (χ1) is 19.7. The summed E-state index contributed by atoms with van der Waals surface area (Å²) in [5.74, 6) is -0.203. The predicted molar refractivity (Wildman–Crippen MR) is 173 cm³/mol. The van der Waals surface area contributed by atoms with Gasteiger partial charge in [-0.1, -0.05) is 44.2 Å². The molecule has 1 unspecified atom stereocenters. The van der Waals surface area contributed by atoms with E-state index in [9.17, 15) is 9.59 Å². The van der Waals surface area contributed by atoms with E-state index in [1.165, 1.54) is 6.92 Å². The smallest absolute Gasteiger partial charge is 0.410 e. The standard InChI is InChI=1S/C35H44ClN3O3/c1-22-18-28(13-11-17-39(21-22)34(41)42-35(7,8)9)32-24(3)15-16-37-26(5)33(32)31(38-27(6)40)19-25(4)30-20-29(36)14-10-12-23(30)2/h10,14-16,18-20,22,25H,3,11,13,17,21H2,1-2,4-9H3,(H,38,40)/b28-18-,31-19+/t22-,25?/m1/s1. The Morgan fingerprint density at radius 1 is 1.31 bits per heavy atom. The van der Waals surface area contributed by atoms with Crippen LogP contribution in [0.4, 0.5) is 4.79 Å². The van der Waals surface area contributed by atoms with Crippen molar-refractivity contribution in [3.63, 3.8) is 0 Å². The number of aliphatic imine (C=N–C) groups is 1. The molecule has 0 aromatic carbocycles. The SMILES string of the molecule is C=C1C=CN=C(C)C(C(=C\C(C)C2=CC(Cl)=CC=C=C2C)/NC(C)=O)=C1/C1=C\[C@@H](C)CN(C(=O)OC(C)(C)C)CCC1. The number of ether oxygens (including phenoxy) is 1. The molecule has 7 heteroatoms. The summed E-state index contributed by atoms with van der Waals surface area (Å²) >= 11 is 6.41. The van der Waals surface area contributed by atoms with E-state index in [1.54, 1.807) is 11.1 Å². The first kappa shape index (κ1) is 32.9. The van der Waals surface area contributed by atoms with Crippen molar-refractivity contribution in [1.82, 2.24) is 10.2 Å². The van der Waals surface area contributed by atoms with Crippen LogP contribution >= 0.6 is 11.6 Å². The molecule has 0 saturated heterocycles. The molecule has 0 radical (unpaired) electrons. The van der Waals surface area contributed by atoms with Gasteiger partial charge in [0.05, 0.1) is 0 Å². The van der Waals surface area contributed by atoms with Crippen molar-refractivity contribution in [2.45, 2.75) is 73.8 Å². The highest BCUT2D eigenvalue weighted by Crippen LogP contribution is 2.35. The van der Waals surface area contributed by atoms with Gasteiger partial charge in [-0.15, -0.1) is 5.73 Å². The van der Waals surface area contributed by atoms with E-state index >= 15 is 0 Å². The zero-order valence-corrected chi connectivity index (χ0v) is 27.0. The summed E-state index contributed by atoms with van der Waals surface area (Å²) in [5.41, 5.74) is 9.88. The van der Waals surface area contributed by atoms with Crippen molar-refractivity contribution in [3.05, 3.63) is 99.1 Å². The Labute approximate surface area is 256 Å². The largest absolute Gasteiger partial charge is 0.444 e. The Balaban J connectivity index is 2.13. The maximum Gasteiger partial charge on any atom is 0.410 e. The molecule has 0 fully saturated rings. The van der Waals surface area contributed by atoms with Gasteiger partial charge >= 0.3 is 6.09 Å². The highest BCUT2D eigenvalue weighted by Gasteiger charge is 2.27. The third-order valence-electron chi connectivity index (χ3n) is 7.07. The minimum absolute atomic E-state index is 0.0654. The van der Waals surface area contributed by atoms with Crippen molar-refractivity contribution in [2.75, 3.05) is 13.1 Å². The summed E-state index contributed by atoms with van der Waals surface area (Å²) in [4.78, 5) is 31.9. The van der Waals surface area contributed by atoms with E-state index in [0.29, 0.717) is 23.8 Å². The molecule has 0 saturated carbocycles. The molecule has 0 aromatic rings. The van der Waals surface area contributed by atoms with Crippen LogP contribution in [-0.2, 0) is 9.53 Å². The fourth-order valence-corrected chi connectivity index (χ4v) is 5.51. The van der Waals surface area contributed by atoms with E-state index in [0.717, 1.165) is 52.0 Å². The van der Waals surface area contributed by atoms with Gasteiger partial charge in [0.25, 0.3) is 0 Å². The van der Waals surface area contributed by atoms with Crippen LogP contribution < -0.4 is 5.32 Å². The highest BCUT2D eigenvalue weighted by atomic mass is 35.5. The minimum Gasteiger partial charge on any atom is -0.444 e. The summed E-state index contributed by atoms with van der Waals surface area (Å²) in [7, 11) is 0. The molecule has 0 aromatic heterocycles. The van der Waals surface area contributed by atoms with Crippen LogP contribution in [0.5, 0.6) is 0 Å². The zero-order chi connectivity index (χ0) is 31.2. The number of allylic oxidation sites excluding steroid dienone is 11. The van der Waals surface area contributed by atoms with Gasteiger partial charge in [-0.2, -0.15) is 0 Å². The molecule has 1 N–H and O–H groups in total. The molecule has 2 atom stereocenters. The van der Waals surface area contributed by atoms with Gasteiger partial charge in [-0.3, -0.25) is 9.79 Å². The van der Waals surface area contributed by atoms with Gasteiger partial charge in [0.1, 0.15) is 5.60 Å². The van der Waals surface area contributed by atoms with Crippen LogP contribution in [0.3, 0.4) is 0 Å². The fraction of sp³-hybridized carbons (Fsp3) is 0.429. The number of nitrogens with one attached hydrogen (secondary N) is 1. The third kappa shape index (κ3) is 8.95. The van der Waals surface area contributed by atoms with Gasteiger partial charge < -0.3 is 15.0 Å². The van der Waals surface area contributed by atoms with Gasteiger partial charge in [-0.05, 0) is 106 Å². The summed E-state index contributed by atoms with van der Waals surface area (Å²) in [5, 5.41) is 3.72. The number of halogens is 1. The van der Waals surface area contributed by atoms with Crippen molar-refractivity contribution >= 4 is 29.3 Å². The molecule has 3 aliphatic rings. The van der Waals surface area contributed by atoms with Crippen molar-refractivity contribution < 1.29 is 14.3 Å². The molecule has 0 bridgehead atoms. The second kappa shape index (κ2) is 14.0. The predicted octanol–water partition coefficient (Wildman–Crippen LogP) is 8.24. The second-order valence-corrected chi connectivity index (χ2v) is 12.6. The van der Waals surface area contributed by atoms with Crippen LogP contribution in [-0.4, -0.2) is 41.3 Å². The number of rotatable bonds is 5. The summed E-state index contributed by atoms with van der Waals surface area (Å²) in [6.45, 7) is 20.8. The van der Waals surface area contributed by atoms with Crippen LogP contribution in [0.25, 0.3) is 0 Å². The second-order valence-electron chi connectivity index (χ2n) is 12.1. The van der Waals surface area contributed by atoms with Gasteiger partial charge in [0, 0.05) is 54.1 Å². The molecular weight excluding hydrogens is 546 g/mol. The Morgan fingerprint density at radius 2 is 2.02 bits per heavy atom. The number of hydrogen-bond donors (Lipinski definition) is 1. The molecule has 0 spiro atoms. The van der Waals surface area contributed by atoms with E-state index in [2.05, 4.69) is 48.6 Å². The van der Waals surface area contributed by atoms with Crippen LogP contribution in [0.2, 0.25) is 0 Å². The molecule has 2 heterocycles. The lowest BCUT2D eigenvalue weighted by atomic mass is 9.84. The number of nitrogens with zero attached hydrogens (tertiary/aromatic N) is 2. The van der Waals surface area contributed by atoms with E-state index < -0.39 is 5.60 Å². The Hall–Kier alpha value is -3.60. The lowest BCUT2D eigenvalue weighted by Gasteiger charge is -2.31. The molecule has 2 aliphatic heterocycles. The van der Waals surface area contributed by atoms with E-state index in [-0.39, 0.29) is 23.8 Å². The van der Waals surface area contributed by atoms with Crippen LogP contribution in [0.15, 0.2) is 104 Å². The summed E-state index contributed by atoms with van der Waals surface area (Å²) in [6.07, 6.45) is 14.7. The Morgan fingerprint density at radius 3 is 2.69 bits per heavy atom. The maximum absolute atomic E-state index is 12.9. The molecule has 6 nitrogen and oxygen atoms in total. The van der Waals surface area contributed by atoms with Crippen molar-refractivity contribution in [2.24, 2.45) is 16.8 Å². The first-order valence-electron chi connectivity index (χ1n) is 14.5. The van der Waals surface area contributed by atoms with E-state index in [1.807, 2.05) is 58.9 Å². The van der Waals surface area contributed by atoms with Gasteiger partial charge in [0.15, 0.2) is 0 Å². The normalized spacial score (nSPS) is 22.4. The Bertz CT molecular complexity index is 1420. The number of amides is 2. The maximum atomic E-state index is 12.9. The topological polar surface area (TPSA) is 71.0 Å². The molecule has 224 valence electrons. The molecular formula is C35H44ClN3O3. The minimum atomic E-state index is -0.548. The third-order valence-corrected chi connectivity index (χ3v) is 7.31. The molecule has 42 heavy (non-hydrogen) atoms. The zero-order valence-electron chi connectivity index (χ0n) is 26.2. The van der Waals surface area contributed by atoms with Crippen LogP contribution in [0.1, 0.15) is 68.2 Å². The molecule has 3 rings (SSSR count). The fourth-order valence-electron chi connectivity index (χ4n) is 5.33. The highest BCUT2D eigenvalue weighted by molar-refractivity contribution is 6.31. The monoisotopic (exact) mass is 589 g/mol. The quantitative estimate of drug-likeness (QED) is 0.328. The van der Waals surface area contributed by atoms with Crippen LogP contribution in [0, 0.1) is 11.8 Å². The lowest BCUT2D eigenvalue weighted by Crippen LogP contribution is -2.40. The molecule has 2 amide bonds. The van der Waals surface area contributed by atoms with E-state index in [4.69, 9.17) is 16.3 Å². The Kier molecular flexibility index (Phi) is 11.0.